The van der Waals surface area contributed by atoms with E-state index < -0.39 is 0 Å². The first-order valence-electron chi connectivity index (χ1n) is 10.1. The minimum Gasteiger partial charge on any atom is -0.487 e. The number of nitrogens with zero attached hydrogens (tertiary/aromatic N) is 4. The molecule has 0 bridgehead atoms. The van der Waals surface area contributed by atoms with Crippen molar-refractivity contribution in [3.05, 3.63) is 95.0 Å². The molecule has 2 aromatic heterocycles. The minimum atomic E-state index is -0.341. The van der Waals surface area contributed by atoms with Crippen LogP contribution in [0.15, 0.2) is 78.3 Å². The van der Waals surface area contributed by atoms with E-state index >= 15 is 0 Å². The van der Waals surface area contributed by atoms with Crippen molar-refractivity contribution in [1.29, 1.82) is 0 Å². The smallest absolute Gasteiger partial charge is 0.316 e. The molecule has 0 radical (unpaired) electrons. The molecule has 0 aliphatic rings. The number of esters is 1. The summed E-state index contributed by atoms with van der Waals surface area (Å²) in [4.78, 5) is 16.5. The first kappa shape index (κ1) is 22.8. The third kappa shape index (κ3) is 6.34. The fraction of sp³-hybridized carbons (Fsp3) is 0.167. The Morgan fingerprint density at radius 3 is 2.70 bits per heavy atom. The Labute approximate surface area is 200 Å². The quantitative estimate of drug-likeness (QED) is 0.245. The normalized spacial score (nSPS) is 10.7. The third-order valence-corrected chi connectivity index (χ3v) is 6.03. The maximum Gasteiger partial charge on any atom is 0.316 e. The number of carbonyl (C=O) groups is 1. The molecule has 0 saturated carbocycles. The molecule has 33 heavy (non-hydrogen) atoms. The predicted octanol–water partition coefficient (Wildman–Crippen LogP) is 5.04. The molecule has 0 aliphatic carbocycles. The molecule has 0 N–H and O–H groups in total. The lowest BCUT2D eigenvalue weighted by molar-refractivity contribution is -0.141. The molecule has 4 rings (SSSR count). The fourth-order valence-electron chi connectivity index (χ4n) is 2.88. The van der Waals surface area contributed by atoms with Gasteiger partial charge in [0.25, 0.3) is 0 Å². The van der Waals surface area contributed by atoms with Crippen LogP contribution in [0.1, 0.15) is 16.8 Å². The van der Waals surface area contributed by atoms with E-state index in [1.807, 2.05) is 67.6 Å². The lowest BCUT2D eigenvalue weighted by Gasteiger charge is -2.09. The number of hydrogen-bond donors (Lipinski definition) is 0. The summed E-state index contributed by atoms with van der Waals surface area (Å²) in [6.07, 6.45) is 3.32. The third-order valence-electron chi connectivity index (χ3n) is 4.71. The SMILES string of the molecule is Cc1ccc(-n2cnnc2SCC(=O)OCc2ccc(OCc3ccccn3)cc2)cc1Cl. The molecular formula is C24H21ClN4O3S. The summed E-state index contributed by atoms with van der Waals surface area (Å²) >= 11 is 7.47. The van der Waals surface area contributed by atoms with Crippen molar-refractivity contribution in [1.82, 2.24) is 19.7 Å². The number of carbonyl (C=O) groups excluding carboxylic acids is 1. The summed E-state index contributed by atoms with van der Waals surface area (Å²) in [5, 5.41) is 9.28. The zero-order valence-corrected chi connectivity index (χ0v) is 19.4. The van der Waals surface area contributed by atoms with Crippen molar-refractivity contribution in [3.63, 3.8) is 0 Å². The lowest BCUT2D eigenvalue weighted by atomic mass is 10.2. The summed E-state index contributed by atoms with van der Waals surface area (Å²) < 4.78 is 12.9. The molecule has 168 valence electrons. The van der Waals surface area contributed by atoms with Gasteiger partial charge in [-0.25, -0.2) is 0 Å². The highest BCUT2D eigenvalue weighted by molar-refractivity contribution is 7.99. The van der Waals surface area contributed by atoms with Crippen molar-refractivity contribution in [3.8, 4) is 11.4 Å². The van der Waals surface area contributed by atoms with E-state index in [0.717, 1.165) is 28.3 Å². The summed E-state index contributed by atoms with van der Waals surface area (Å²) in [6, 6.07) is 18.8. The molecule has 2 aromatic carbocycles. The molecule has 4 aromatic rings. The summed E-state index contributed by atoms with van der Waals surface area (Å²) in [5.41, 5.74) is 3.54. The molecule has 0 amide bonds. The van der Waals surface area contributed by atoms with Crippen LogP contribution in [-0.4, -0.2) is 31.5 Å². The van der Waals surface area contributed by atoms with E-state index in [4.69, 9.17) is 21.1 Å². The Bertz CT molecular complexity index is 1220. The lowest BCUT2D eigenvalue weighted by Crippen LogP contribution is -2.08. The van der Waals surface area contributed by atoms with Gasteiger partial charge in [-0.3, -0.25) is 14.3 Å². The second kappa shape index (κ2) is 11.0. The van der Waals surface area contributed by atoms with Crippen LogP contribution >= 0.6 is 23.4 Å². The van der Waals surface area contributed by atoms with Crippen LogP contribution in [0.25, 0.3) is 5.69 Å². The van der Waals surface area contributed by atoms with Gasteiger partial charge in [-0.05, 0) is 54.4 Å². The van der Waals surface area contributed by atoms with Gasteiger partial charge in [0.15, 0.2) is 5.16 Å². The number of benzene rings is 2. The van der Waals surface area contributed by atoms with Gasteiger partial charge >= 0.3 is 5.97 Å². The zero-order valence-electron chi connectivity index (χ0n) is 17.8. The van der Waals surface area contributed by atoms with Crippen LogP contribution in [-0.2, 0) is 22.7 Å². The molecular weight excluding hydrogens is 460 g/mol. The van der Waals surface area contributed by atoms with Crippen LogP contribution in [0.3, 0.4) is 0 Å². The van der Waals surface area contributed by atoms with Crippen molar-refractivity contribution in [2.45, 2.75) is 25.3 Å². The van der Waals surface area contributed by atoms with Crippen molar-refractivity contribution in [2.24, 2.45) is 0 Å². The van der Waals surface area contributed by atoms with Crippen molar-refractivity contribution in [2.75, 3.05) is 5.75 Å². The van der Waals surface area contributed by atoms with E-state index in [1.165, 1.54) is 11.8 Å². The molecule has 2 heterocycles. The zero-order chi connectivity index (χ0) is 23.0. The molecule has 9 heteroatoms. The molecule has 7 nitrogen and oxygen atoms in total. The number of pyridine rings is 1. The highest BCUT2D eigenvalue weighted by atomic mass is 35.5. The first-order chi connectivity index (χ1) is 16.1. The van der Waals surface area contributed by atoms with Gasteiger partial charge in [0.05, 0.1) is 17.1 Å². The summed E-state index contributed by atoms with van der Waals surface area (Å²) in [6.45, 7) is 2.51. The molecule has 0 saturated heterocycles. The van der Waals surface area contributed by atoms with E-state index in [0.29, 0.717) is 16.8 Å². The number of aryl methyl sites for hydroxylation is 1. The number of hydrogen-bond acceptors (Lipinski definition) is 7. The fourth-order valence-corrected chi connectivity index (χ4v) is 3.78. The van der Waals surface area contributed by atoms with Crippen LogP contribution in [0.5, 0.6) is 5.75 Å². The Kier molecular flexibility index (Phi) is 7.59. The Balaban J connectivity index is 1.25. The van der Waals surface area contributed by atoms with Crippen LogP contribution in [0.4, 0.5) is 0 Å². The number of rotatable bonds is 9. The Hall–Kier alpha value is -3.36. The molecule has 0 spiro atoms. The van der Waals surface area contributed by atoms with Crippen molar-refractivity contribution < 1.29 is 14.3 Å². The maximum atomic E-state index is 12.2. The minimum absolute atomic E-state index is 0.115. The number of aromatic nitrogens is 4. The van der Waals surface area contributed by atoms with Crippen LogP contribution in [0.2, 0.25) is 5.02 Å². The topological polar surface area (TPSA) is 79.1 Å². The van der Waals surface area contributed by atoms with E-state index in [2.05, 4.69) is 15.2 Å². The number of thioether (sulfide) groups is 1. The van der Waals surface area contributed by atoms with Gasteiger partial charge < -0.3 is 9.47 Å². The highest BCUT2D eigenvalue weighted by Crippen LogP contribution is 2.24. The Morgan fingerprint density at radius 1 is 1.09 bits per heavy atom. The second-order valence-electron chi connectivity index (χ2n) is 7.12. The van der Waals surface area contributed by atoms with Gasteiger partial charge in [-0.15, -0.1) is 10.2 Å². The predicted molar refractivity (Wildman–Crippen MR) is 127 cm³/mol. The van der Waals surface area contributed by atoms with Gasteiger partial charge in [0.2, 0.25) is 0 Å². The number of ether oxygens (including phenoxy) is 2. The monoisotopic (exact) mass is 480 g/mol. The van der Waals surface area contributed by atoms with Gasteiger partial charge in [0, 0.05) is 11.2 Å². The van der Waals surface area contributed by atoms with Crippen molar-refractivity contribution >= 4 is 29.3 Å². The maximum absolute atomic E-state index is 12.2. The molecule has 0 unspecified atom stereocenters. The standard InChI is InChI=1S/C24H21ClN4O3S/c1-17-5-8-20(12-22(17)25)29-16-27-28-24(29)33-15-23(30)32-13-18-6-9-21(10-7-18)31-14-19-4-2-3-11-26-19/h2-12,16H,13-15H2,1H3. The first-order valence-corrected chi connectivity index (χ1v) is 11.5. The molecule has 0 aliphatic heterocycles. The van der Waals surface area contributed by atoms with Gasteiger partial charge in [0.1, 0.15) is 25.3 Å². The van der Waals surface area contributed by atoms with Crippen LogP contribution < -0.4 is 4.74 Å². The number of halogens is 1. The average Bonchev–Trinajstić information content (AvgIpc) is 3.32. The average molecular weight is 481 g/mol. The summed E-state index contributed by atoms with van der Waals surface area (Å²) in [7, 11) is 0. The summed E-state index contributed by atoms with van der Waals surface area (Å²) in [5.74, 6) is 0.498. The van der Waals surface area contributed by atoms with E-state index in [1.54, 1.807) is 17.1 Å². The van der Waals surface area contributed by atoms with Crippen LogP contribution in [0, 0.1) is 6.92 Å². The van der Waals surface area contributed by atoms with Gasteiger partial charge in [-0.1, -0.05) is 47.6 Å². The second-order valence-corrected chi connectivity index (χ2v) is 8.47. The highest BCUT2D eigenvalue weighted by Gasteiger charge is 2.12. The largest absolute Gasteiger partial charge is 0.487 e. The van der Waals surface area contributed by atoms with E-state index in [9.17, 15) is 4.79 Å². The Morgan fingerprint density at radius 2 is 1.94 bits per heavy atom. The van der Waals surface area contributed by atoms with Gasteiger partial charge in [-0.2, -0.15) is 0 Å². The molecule has 0 fully saturated rings. The molecule has 0 atom stereocenters. The van der Waals surface area contributed by atoms with E-state index in [-0.39, 0.29) is 18.3 Å².